The van der Waals surface area contributed by atoms with Gasteiger partial charge in [-0.2, -0.15) is 0 Å². The van der Waals surface area contributed by atoms with Gasteiger partial charge in [0.25, 0.3) is 11.1 Å². The van der Waals surface area contributed by atoms with Crippen molar-refractivity contribution in [1.29, 1.82) is 0 Å². The summed E-state index contributed by atoms with van der Waals surface area (Å²) in [4.78, 5) is 15.5. The number of hydrogen-bond acceptors (Lipinski definition) is 2. The maximum absolute atomic E-state index is 10.7. The number of nitrogens with zero attached hydrogens (tertiary/aromatic N) is 1. The quantitative estimate of drug-likeness (QED) is 0.664. The molecular formula is C10H12NO2+. The van der Waals surface area contributed by atoms with Gasteiger partial charge in [0.05, 0.1) is 4.91 Å². The average Bonchev–Trinajstić information content (AvgIpc) is 2.16. The van der Waals surface area contributed by atoms with E-state index in [-0.39, 0.29) is 0 Å². The van der Waals surface area contributed by atoms with Crippen molar-refractivity contribution in [2.24, 2.45) is 0 Å². The lowest BCUT2D eigenvalue weighted by molar-refractivity contribution is -0.747. The first-order valence-corrected chi connectivity index (χ1v) is 3.98. The monoisotopic (exact) mass is 178 g/mol. The van der Waals surface area contributed by atoms with Crippen LogP contribution >= 0.6 is 0 Å². The number of benzene rings is 1. The molecule has 0 fully saturated rings. The molecular weight excluding hydrogens is 166 g/mol. The topological polar surface area (TPSA) is 29.3 Å². The molecule has 0 saturated heterocycles. The minimum Gasteiger partial charge on any atom is -0.231 e. The van der Waals surface area contributed by atoms with Crippen molar-refractivity contribution in [1.82, 2.24) is 0 Å². The van der Waals surface area contributed by atoms with Gasteiger partial charge in [-0.05, 0) is 18.1 Å². The highest BCUT2D eigenvalue weighted by molar-refractivity contribution is 5.51. The molecule has 3 nitrogen and oxygen atoms in total. The minimum absolute atomic E-state index is 0.409. The fourth-order valence-corrected chi connectivity index (χ4v) is 0.976. The summed E-state index contributed by atoms with van der Waals surface area (Å²) in [6.07, 6.45) is 3.05. The smallest absolute Gasteiger partial charge is 0.231 e. The molecule has 0 N–H and O–H groups in total. The van der Waals surface area contributed by atoms with E-state index >= 15 is 0 Å². The van der Waals surface area contributed by atoms with Gasteiger partial charge in [0.2, 0.25) is 0 Å². The van der Waals surface area contributed by atoms with Crippen LogP contribution in [0.1, 0.15) is 11.1 Å². The van der Waals surface area contributed by atoms with Gasteiger partial charge in [-0.1, -0.05) is 24.3 Å². The van der Waals surface area contributed by atoms with Crippen LogP contribution in [0.4, 0.5) is 0 Å². The first-order chi connectivity index (χ1) is 6.24. The van der Waals surface area contributed by atoms with Gasteiger partial charge in [0, 0.05) is 6.08 Å². The van der Waals surface area contributed by atoms with E-state index < -0.39 is 0 Å². The van der Waals surface area contributed by atoms with E-state index in [1.165, 1.54) is 13.3 Å². The summed E-state index contributed by atoms with van der Waals surface area (Å²) in [5.41, 5.74) is 2.14. The molecule has 1 rings (SSSR count). The molecule has 68 valence electrons. The van der Waals surface area contributed by atoms with Crippen molar-refractivity contribution in [3.8, 4) is 0 Å². The summed E-state index contributed by atoms with van der Waals surface area (Å²) in [7, 11) is 1.33. The zero-order valence-electron chi connectivity index (χ0n) is 7.73. The van der Waals surface area contributed by atoms with E-state index in [2.05, 4.69) is 4.84 Å². The van der Waals surface area contributed by atoms with E-state index in [1.807, 2.05) is 31.2 Å². The van der Waals surface area contributed by atoms with Crippen molar-refractivity contribution in [3.63, 3.8) is 0 Å². The lowest BCUT2D eigenvalue weighted by Crippen LogP contribution is -1.94. The fraction of sp³-hybridized carbons (Fsp3) is 0.200. The third kappa shape index (κ3) is 2.71. The lowest BCUT2D eigenvalue weighted by atomic mass is 10.1. The van der Waals surface area contributed by atoms with E-state index in [9.17, 15) is 4.91 Å². The average molecular weight is 178 g/mol. The standard InChI is InChI=1S/C10H12NO2/c1-9-5-3-4-6-10(9)7-8-11(12)13-2/h3-8H,1-2H3/q+1. The second-order valence-corrected chi connectivity index (χ2v) is 2.64. The van der Waals surface area contributed by atoms with Crippen molar-refractivity contribution < 1.29 is 9.76 Å². The lowest BCUT2D eigenvalue weighted by Gasteiger charge is -1.95. The Morgan fingerprint density at radius 3 is 2.69 bits per heavy atom. The second-order valence-electron chi connectivity index (χ2n) is 2.64. The predicted molar refractivity (Wildman–Crippen MR) is 50.8 cm³/mol. The van der Waals surface area contributed by atoms with Gasteiger partial charge in [-0.3, -0.25) is 0 Å². The highest BCUT2D eigenvalue weighted by Crippen LogP contribution is 2.08. The zero-order valence-corrected chi connectivity index (χ0v) is 7.73. The van der Waals surface area contributed by atoms with Crippen molar-refractivity contribution in [2.45, 2.75) is 6.92 Å². The fourth-order valence-electron chi connectivity index (χ4n) is 0.976. The maximum Gasteiger partial charge on any atom is 0.282 e. The summed E-state index contributed by atoms with van der Waals surface area (Å²) >= 11 is 0. The molecule has 1 aromatic carbocycles. The SMILES string of the molecule is CO[N+](=O)C=Cc1ccccc1C. The number of hydrogen-bond donors (Lipinski definition) is 0. The van der Waals surface area contributed by atoms with Gasteiger partial charge in [-0.25, -0.2) is 4.84 Å². The highest BCUT2D eigenvalue weighted by atomic mass is 16.7. The van der Waals surface area contributed by atoms with Crippen molar-refractivity contribution in [2.75, 3.05) is 7.11 Å². The van der Waals surface area contributed by atoms with Gasteiger partial charge < -0.3 is 0 Å². The van der Waals surface area contributed by atoms with Gasteiger partial charge in [0.1, 0.15) is 0 Å². The normalized spacial score (nSPS) is 10.3. The van der Waals surface area contributed by atoms with Gasteiger partial charge in [0.15, 0.2) is 7.11 Å². The molecule has 0 radical (unpaired) electrons. The van der Waals surface area contributed by atoms with Crippen LogP contribution < -0.4 is 0 Å². The molecule has 0 aliphatic heterocycles. The summed E-state index contributed by atoms with van der Waals surface area (Å²) in [6.45, 7) is 1.99. The number of rotatable bonds is 3. The molecule has 0 bridgehead atoms. The van der Waals surface area contributed by atoms with E-state index in [0.29, 0.717) is 4.92 Å². The molecule has 0 heterocycles. The summed E-state index contributed by atoms with van der Waals surface area (Å²) < 4.78 is 0. The molecule has 0 spiro atoms. The van der Waals surface area contributed by atoms with Crippen LogP contribution in [0.15, 0.2) is 30.5 Å². The molecule has 0 saturated carbocycles. The Morgan fingerprint density at radius 2 is 2.08 bits per heavy atom. The first kappa shape index (κ1) is 9.45. The highest BCUT2D eigenvalue weighted by Gasteiger charge is 1.99. The van der Waals surface area contributed by atoms with E-state index in [0.717, 1.165) is 11.1 Å². The molecule has 0 aliphatic carbocycles. The molecule has 0 amide bonds. The van der Waals surface area contributed by atoms with E-state index in [4.69, 9.17) is 0 Å². The van der Waals surface area contributed by atoms with Gasteiger partial charge >= 0.3 is 0 Å². The van der Waals surface area contributed by atoms with Gasteiger partial charge in [-0.15, -0.1) is 0 Å². The van der Waals surface area contributed by atoms with Crippen LogP contribution in [-0.4, -0.2) is 12.0 Å². The summed E-state index contributed by atoms with van der Waals surface area (Å²) in [6, 6.07) is 7.81. The van der Waals surface area contributed by atoms with Crippen molar-refractivity contribution in [3.05, 3.63) is 46.5 Å². The Morgan fingerprint density at radius 1 is 1.38 bits per heavy atom. The Labute approximate surface area is 77.2 Å². The Kier molecular flexibility index (Phi) is 3.20. The van der Waals surface area contributed by atoms with Crippen LogP contribution in [0.25, 0.3) is 6.08 Å². The third-order valence-electron chi connectivity index (χ3n) is 1.74. The van der Waals surface area contributed by atoms with Crippen LogP contribution in [0.5, 0.6) is 0 Å². The maximum atomic E-state index is 10.7. The molecule has 0 unspecified atom stereocenters. The van der Waals surface area contributed by atoms with Crippen LogP contribution in [-0.2, 0) is 4.84 Å². The Hall–Kier alpha value is -1.64. The predicted octanol–water partition coefficient (Wildman–Crippen LogP) is 2.31. The van der Waals surface area contributed by atoms with Crippen molar-refractivity contribution >= 4 is 6.08 Å². The molecule has 0 aromatic heterocycles. The molecule has 1 aromatic rings. The summed E-state index contributed by atoms with van der Waals surface area (Å²) in [5, 5.41) is 0. The Balaban J connectivity index is 2.80. The molecule has 13 heavy (non-hydrogen) atoms. The summed E-state index contributed by atoms with van der Waals surface area (Å²) in [5.74, 6) is 0. The zero-order chi connectivity index (χ0) is 9.68. The molecule has 0 aliphatic rings. The largest absolute Gasteiger partial charge is 0.282 e. The molecule has 3 heteroatoms. The van der Waals surface area contributed by atoms with Crippen LogP contribution in [0.2, 0.25) is 0 Å². The second kappa shape index (κ2) is 4.40. The van der Waals surface area contributed by atoms with E-state index in [1.54, 1.807) is 6.08 Å². The third-order valence-corrected chi connectivity index (χ3v) is 1.74. The van der Waals surface area contributed by atoms with Crippen LogP contribution in [0.3, 0.4) is 0 Å². The molecule has 0 atom stereocenters. The first-order valence-electron chi connectivity index (χ1n) is 3.98. The van der Waals surface area contributed by atoms with Crippen LogP contribution in [0, 0.1) is 11.8 Å². The number of aryl methyl sites for hydroxylation is 1. The Bertz CT molecular complexity index is 331. The minimum atomic E-state index is 0.409.